The van der Waals surface area contributed by atoms with E-state index in [2.05, 4.69) is 5.92 Å². The molecule has 0 radical (unpaired) electrons. The third-order valence-electron chi connectivity index (χ3n) is 4.18. The molecule has 0 unspecified atom stereocenters. The van der Waals surface area contributed by atoms with E-state index < -0.39 is 0 Å². The van der Waals surface area contributed by atoms with Crippen LogP contribution in [-0.4, -0.2) is 29.2 Å². The lowest BCUT2D eigenvalue weighted by Gasteiger charge is -2.33. The van der Waals surface area contributed by atoms with Crippen molar-refractivity contribution in [1.82, 2.24) is 4.90 Å². The van der Waals surface area contributed by atoms with Crippen LogP contribution in [0.3, 0.4) is 0 Å². The van der Waals surface area contributed by atoms with Crippen molar-refractivity contribution in [3.8, 4) is 12.3 Å². The summed E-state index contributed by atoms with van der Waals surface area (Å²) in [7, 11) is 0. The van der Waals surface area contributed by atoms with E-state index in [-0.39, 0.29) is 30.6 Å². The zero-order valence-corrected chi connectivity index (χ0v) is 14.0. The predicted octanol–water partition coefficient (Wildman–Crippen LogP) is 3.81. The molecule has 1 aliphatic carbocycles. The fourth-order valence-electron chi connectivity index (χ4n) is 2.98. The van der Waals surface area contributed by atoms with Gasteiger partial charge in [-0.25, -0.2) is 0 Å². The van der Waals surface area contributed by atoms with Crippen molar-refractivity contribution >= 4 is 23.0 Å². The Morgan fingerprint density at radius 3 is 2.59 bits per heavy atom. The van der Waals surface area contributed by atoms with Crippen LogP contribution in [0.15, 0.2) is 12.1 Å². The van der Waals surface area contributed by atoms with Gasteiger partial charge in [-0.3, -0.25) is 9.59 Å². The normalized spacial score (nSPS) is 15.3. The Balaban J connectivity index is 1.90. The van der Waals surface area contributed by atoms with Crippen LogP contribution in [0.5, 0.6) is 0 Å². The molecule has 0 aromatic carbocycles. The Bertz CT molecular complexity index is 564. The summed E-state index contributed by atoms with van der Waals surface area (Å²) in [5.74, 6) is 2.66. The lowest BCUT2D eigenvalue weighted by Crippen LogP contribution is -2.41. The minimum atomic E-state index is 0.0199. The Hall–Kier alpha value is -1.60. The van der Waals surface area contributed by atoms with Crippen molar-refractivity contribution in [1.29, 1.82) is 0 Å². The minimum absolute atomic E-state index is 0.0199. The van der Waals surface area contributed by atoms with Crippen LogP contribution in [0.4, 0.5) is 0 Å². The largest absolute Gasteiger partial charge is 0.329 e. The molecule has 2 rings (SSSR count). The number of hydrogen-bond acceptors (Lipinski definition) is 3. The topological polar surface area (TPSA) is 37.4 Å². The molecule has 22 heavy (non-hydrogen) atoms. The van der Waals surface area contributed by atoms with Crippen LogP contribution in [0.1, 0.15) is 59.5 Å². The summed E-state index contributed by atoms with van der Waals surface area (Å²) in [6.07, 6.45) is 11.6. The number of rotatable bonds is 6. The molecule has 0 N–H and O–H groups in total. The fourth-order valence-corrected chi connectivity index (χ4v) is 3.82. The predicted molar refractivity (Wildman–Crippen MR) is 90.0 cm³/mol. The quantitative estimate of drug-likeness (QED) is 0.591. The first-order valence-corrected chi connectivity index (χ1v) is 8.76. The third-order valence-corrected chi connectivity index (χ3v) is 5.22. The van der Waals surface area contributed by atoms with Crippen LogP contribution in [-0.2, 0) is 4.79 Å². The summed E-state index contributed by atoms with van der Waals surface area (Å²) in [6, 6.07) is 4.04. The summed E-state index contributed by atoms with van der Waals surface area (Å²) >= 11 is 1.49. The van der Waals surface area contributed by atoms with E-state index in [9.17, 15) is 9.59 Å². The number of Topliss-reactive ketones (excluding diaryl/α,β-unsaturated/α-hetero) is 1. The number of nitrogens with zero attached hydrogens (tertiary/aromatic N) is 1. The van der Waals surface area contributed by atoms with Crippen molar-refractivity contribution in [2.75, 3.05) is 6.54 Å². The molecule has 1 aliphatic rings. The first-order chi connectivity index (χ1) is 10.6. The fraction of sp³-hybridized carbons (Fsp3) is 0.556. The highest BCUT2D eigenvalue weighted by atomic mass is 32.1. The Labute approximate surface area is 136 Å². The zero-order chi connectivity index (χ0) is 15.9. The van der Waals surface area contributed by atoms with Crippen LogP contribution >= 0.6 is 11.3 Å². The monoisotopic (exact) mass is 317 g/mol. The highest BCUT2D eigenvalue weighted by Gasteiger charge is 2.25. The molecule has 3 nitrogen and oxygen atoms in total. The van der Waals surface area contributed by atoms with Crippen LogP contribution in [0.25, 0.3) is 0 Å². The zero-order valence-electron chi connectivity index (χ0n) is 13.1. The summed E-state index contributed by atoms with van der Waals surface area (Å²) in [6.45, 7) is 2.33. The van der Waals surface area contributed by atoms with E-state index in [1.54, 1.807) is 0 Å². The average Bonchev–Trinajstić information content (AvgIpc) is 2.97. The number of carbonyl (C=O) groups is 2. The molecule has 0 bridgehead atoms. The maximum Gasteiger partial charge on any atom is 0.224 e. The van der Waals surface area contributed by atoms with Gasteiger partial charge in [0.25, 0.3) is 0 Å². The number of carbonyl (C=O) groups excluding carboxylic acids is 2. The lowest BCUT2D eigenvalue weighted by molar-refractivity contribution is -0.133. The first kappa shape index (κ1) is 16.8. The molecule has 1 saturated carbocycles. The van der Waals surface area contributed by atoms with Crippen molar-refractivity contribution in [3.63, 3.8) is 0 Å². The molecule has 0 spiro atoms. The van der Waals surface area contributed by atoms with E-state index in [0.717, 1.165) is 35.4 Å². The molecule has 1 fully saturated rings. The molecular weight excluding hydrogens is 294 g/mol. The Morgan fingerprint density at radius 2 is 2.00 bits per heavy atom. The average molecular weight is 317 g/mol. The highest BCUT2D eigenvalue weighted by molar-refractivity contribution is 7.14. The summed E-state index contributed by atoms with van der Waals surface area (Å²) in [5.41, 5.74) is 0. The molecular formula is C18H23NO2S. The van der Waals surface area contributed by atoms with Gasteiger partial charge in [-0.2, -0.15) is 0 Å². The molecule has 4 heteroatoms. The maximum atomic E-state index is 12.5. The second kappa shape index (κ2) is 8.14. The molecule has 1 aromatic rings. The molecule has 1 amide bonds. The van der Waals surface area contributed by atoms with Gasteiger partial charge in [0, 0.05) is 23.8 Å². The molecule has 1 aromatic heterocycles. The first-order valence-electron chi connectivity index (χ1n) is 7.94. The maximum absolute atomic E-state index is 12.5. The van der Waals surface area contributed by atoms with Crippen LogP contribution < -0.4 is 0 Å². The molecule has 0 saturated heterocycles. The van der Waals surface area contributed by atoms with Gasteiger partial charge in [0.05, 0.1) is 11.4 Å². The van der Waals surface area contributed by atoms with Crippen LogP contribution in [0.2, 0.25) is 0 Å². The molecule has 118 valence electrons. The van der Waals surface area contributed by atoms with Crippen molar-refractivity contribution in [3.05, 3.63) is 21.9 Å². The summed E-state index contributed by atoms with van der Waals surface area (Å²) in [5, 5.41) is 0. The number of ketones is 1. The van der Waals surface area contributed by atoms with E-state index in [0.29, 0.717) is 6.54 Å². The van der Waals surface area contributed by atoms with Gasteiger partial charge in [-0.05, 0) is 31.9 Å². The number of aryl methyl sites for hydroxylation is 1. The third kappa shape index (κ3) is 4.45. The van der Waals surface area contributed by atoms with Crippen molar-refractivity contribution in [2.24, 2.45) is 0 Å². The van der Waals surface area contributed by atoms with Gasteiger partial charge >= 0.3 is 0 Å². The standard InChI is InChI=1S/C18H23NO2S/c1-3-13-19(15-7-5-4-6-8-15)18(21)12-10-16(20)17-11-9-14(2)22-17/h1,9,11,15H,4-8,10,12-13H2,2H3. The highest BCUT2D eigenvalue weighted by Crippen LogP contribution is 2.24. The minimum Gasteiger partial charge on any atom is -0.329 e. The van der Waals surface area contributed by atoms with Gasteiger partial charge in [0.15, 0.2) is 5.78 Å². The number of thiophene rings is 1. The van der Waals surface area contributed by atoms with Crippen molar-refractivity contribution in [2.45, 2.75) is 57.9 Å². The van der Waals surface area contributed by atoms with E-state index in [4.69, 9.17) is 6.42 Å². The lowest BCUT2D eigenvalue weighted by atomic mass is 9.94. The van der Waals surface area contributed by atoms with E-state index in [1.807, 2.05) is 24.0 Å². The summed E-state index contributed by atoms with van der Waals surface area (Å²) in [4.78, 5) is 28.2. The van der Waals surface area contributed by atoms with Gasteiger partial charge in [-0.15, -0.1) is 17.8 Å². The second-order valence-electron chi connectivity index (χ2n) is 5.85. The summed E-state index contributed by atoms with van der Waals surface area (Å²) < 4.78 is 0. The second-order valence-corrected chi connectivity index (χ2v) is 7.14. The molecule has 0 aliphatic heterocycles. The Kier molecular flexibility index (Phi) is 6.21. The SMILES string of the molecule is C#CCN(C(=O)CCC(=O)c1ccc(C)s1)C1CCCCC1. The van der Waals surface area contributed by atoms with Gasteiger partial charge in [0.2, 0.25) is 5.91 Å². The van der Waals surface area contributed by atoms with E-state index in [1.165, 1.54) is 17.8 Å². The van der Waals surface area contributed by atoms with Crippen molar-refractivity contribution < 1.29 is 9.59 Å². The number of terminal acetylenes is 1. The molecule has 1 heterocycles. The molecule has 0 atom stereocenters. The van der Waals surface area contributed by atoms with Crippen LogP contribution in [0, 0.1) is 19.3 Å². The Morgan fingerprint density at radius 1 is 1.27 bits per heavy atom. The number of hydrogen-bond donors (Lipinski definition) is 0. The van der Waals surface area contributed by atoms with E-state index >= 15 is 0 Å². The van der Waals surface area contributed by atoms with Gasteiger partial charge in [-0.1, -0.05) is 25.2 Å². The van der Waals surface area contributed by atoms with Gasteiger partial charge < -0.3 is 4.90 Å². The smallest absolute Gasteiger partial charge is 0.224 e. The van der Waals surface area contributed by atoms with Gasteiger partial charge in [0.1, 0.15) is 0 Å². The number of amides is 1.